The maximum atomic E-state index is 12.6. The molecule has 1 N–H and O–H groups in total. The second-order valence-electron chi connectivity index (χ2n) is 5.95. The van der Waals surface area contributed by atoms with E-state index in [4.69, 9.17) is 4.42 Å². The summed E-state index contributed by atoms with van der Waals surface area (Å²) in [5.74, 6) is 0.611. The van der Waals surface area contributed by atoms with E-state index in [1.54, 1.807) is 17.3 Å². The molecule has 1 aromatic carbocycles. The Hall–Kier alpha value is -3.26. The number of nitrogens with zero attached hydrogens (tertiary/aromatic N) is 4. The predicted molar refractivity (Wildman–Crippen MR) is 101 cm³/mol. The Bertz CT molecular complexity index is 980. The van der Waals surface area contributed by atoms with Gasteiger partial charge in [0.25, 0.3) is 0 Å². The van der Waals surface area contributed by atoms with Gasteiger partial charge in [0.2, 0.25) is 5.91 Å². The van der Waals surface area contributed by atoms with E-state index in [-0.39, 0.29) is 18.4 Å². The summed E-state index contributed by atoms with van der Waals surface area (Å²) >= 11 is 1.46. The summed E-state index contributed by atoms with van der Waals surface area (Å²) in [6.07, 6.45) is 4.93. The van der Waals surface area contributed by atoms with Crippen molar-refractivity contribution in [3.8, 4) is 10.8 Å². The first-order valence-corrected chi connectivity index (χ1v) is 9.31. The summed E-state index contributed by atoms with van der Waals surface area (Å²) in [7, 11) is 0. The highest BCUT2D eigenvalue weighted by molar-refractivity contribution is 7.13. The number of nitrogens with one attached hydrogen (secondary N) is 1. The highest BCUT2D eigenvalue weighted by atomic mass is 32.1. The molecule has 27 heavy (non-hydrogen) atoms. The number of rotatable bonds is 7. The van der Waals surface area contributed by atoms with Gasteiger partial charge in [-0.2, -0.15) is 5.10 Å². The second-order valence-corrected chi connectivity index (χ2v) is 6.80. The maximum Gasteiger partial charge on any atom is 0.226 e. The minimum Gasteiger partial charge on any atom is -0.462 e. The molecule has 4 rings (SSSR count). The Balaban J connectivity index is 1.45. The van der Waals surface area contributed by atoms with Crippen molar-refractivity contribution in [2.75, 3.05) is 0 Å². The molecule has 1 atom stereocenters. The van der Waals surface area contributed by atoms with E-state index >= 15 is 0 Å². The number of aromatic nitrogens is 4. The van der Waals surface area contributed by atoms with Crippen LogP contribution in [0.3, 0.4) is 0 Å². The van der Waals surface area contributed by atoms with Gasteiger partial charge in [-0.1, -0.05) is 30.3 Å². The number of carbonyl (C=O) groups excluding carboxylic acids is 1. The van der Waals surface area contributed by atoms with Crippen LogP contribution in [0.4, 0.5) is 0 Å². The third-order valence-electron chi connectivity index (χ3n) is 4.00. The molecule has 0 bridgehead atoms. The zero-order valence-electron chi connectivity index (χ0n) is 14.4. The van der Waals surface area contributed by atoms with Gasteiger partial charge in [-0.15, -0.1) is 11.3 Å². The van der Waals surface area contributed by atoms with Crippen LogP contribution in [0.25, 0.3) is 10.8 Å². The first kappa shape index (κ1) is 17.2. The van der Waals surface area contributed by atoms with Crippen molar-refractivity contribution in [3.63, 3.8) is 0 Å². The Labute approximate surface area is 159 Å². The lowest BCUT2D eigenvalue weighted by Crippen LogP contribution is -2.32. The number of hydrogen-bond donors (Lipinski definition) is 1. The summed E-state index contributed by atoms with van der Waals surface area (Å²) in [5.41, 5.74) is 1.73. The number of benzene rings is 1. The van der Waals surface area contributed by atoms with Crippen molar-refractivity contribution in [1.82, 2.24) is 25.1 Å². The Morgan fingerprint density at radius 3 is 2.85 bits per heavy atom. The van der Waals surface area contributed by atoms with Gasteiger partial charge in [-0.05, 0) is 17.7 Å². The highest BCUT2D eigenvalue weighted by Crippen LogP contribution is 2.24. The average Bonchev–Trinajstić information content (AvgIpc) is 3.44. The molecular formula is C19H17N5O2S. The van der Waals surface area contributed by atoms with E-state index in [0.29, 0.717) is 12.3 Å². The van der Waals surface area contributed by atoms with Crippen molar-refractivity contribution >= 4 is 17.2 Å². The predicted octanol–water partition coefficient (Wildman–Crippen LogP) is 3.09. The first-order valence-electron chi connectivity index (χ1n) is 8.43. The molecule has 3 aromatic heterocycles. The summed E-state index contributed by atoms with van der Waals surface area (Å²) < 4.78 is 7.05. The molecule has 3 heterocycles. The van der Waals surface area contributed by atoms with Gasteiger partial charge in [0.05, 0.1) is 31.0 Å². The molecular weight excluding hydrogens is 362 g/mol. The van der Waals surface area contributed by atoms with Crippen molar-refractivity contribution in [2.24, 2.45) is 0 Å². The van der Waals surface area contributed by atoms with Crippen LogP contribution in [0.1, 0.15) is 17.3 Å². The van der Waals surface area contributed by atoms with Crippen LogP contribution >= 0.6 is 11.3 Å². The van der Waals surface area contributed by atoms with E-state index in [0.717, 1.165) is 16.3 Å². The van der Waals surface area contributed by atoms with Crippen molar-refractivity contribution in [1.29, 1.82) is 0 Å². The topological polar surface area (TPSA) is 85.8 Å². The van der Waals surface area contributed by atoms with Crippen LogP contribution in [0.15, 0.2) is 71.2 Å². The Morgan fingerprint density at radius 2 is 2.11 bits per heavy atom. The van der Waals surface area contributed by atoms with Crippen molar-refractivity contribution in [2.45, 2.75) is 19.0 Å². The van der Waals surface area contributed by atoms with E-state index < -0.39 is 0 Å². The highest BCUT2D eigenvalue weighted by Gasteiger charge is 2.17. The normalized spacial score (nSPS) is 12.0. The monoisotopic (exact) mass is 379 g/mol. The molecule has 0 saturated carbocycles. The van der Waals surface area contributed by atoms with E-state index in [2.05, 4.69) is 20.4 Å². The minimum atomic E-state index is -0.205. The van der Waals surface area contributed by atoms with Crippen LogP contribution in [-0.2, 0) is 17.8 Å². The quantitative estimate of drug-likeness (QED) is 0.533. The Kier molecular flexibility index (Phi) is 5.06. The second kappa shape index (κ2) is 7.96. The molecule has 4 aromatic rings. The molecule has 0 fully saturated rings. The van der Waals surface area contributed by atoms with Gasteiger partial charge >= 0.3 is 0 Å². The Morgan fingerprint density at radius 1 is 1.22 bits per heavy atom. The lowest BCUT2D eigenvalue weighted by molar-refractivity contribution is -0.121. The summed E-state index contributed by atoms with van der Waals surface area (Å²) in [5, 5.41) is 9.87. The van der Waals surface area contributed by atoms with E-state index in [9.17, 15) is 4.79 Å². The number of hydrogen-bond acceptors (Lipinski definition) is 6. The van der Waals surface area contributed by atoms with E-state index in [1.165, 1.54) is 17.7 Å². The standard InChI is InChI=1S/C19H17N5O2S/c25-18(9-15-11-27-19(22-15)17-7-4-8-26-17)23-16(10-24-13-20-12-21-24)14-5-2-1-3-6-14/h1-8,11-13,16H,9-10H2,(H,23,25). The molecule has 0 spiro atoms. The molecule has 136 valence electrons. The maximum absolute atomic E-state index is 12.6. The van der Waals surface area contributed by atoms with Gasteiger partial charge in [0.1, 0.15) is 12.7 Å². The minimum absolute atomic E-state index is 0.0970. The fourth-order valence-corrected chi connectivity index (χ4v) is 3.53. The fraction of sp³-hybridized carbons (Fsp3) is 0.158. The lowest BCUT2D eigenvalue weighted by atomic mass is 10.1. The lowest BCUT2D eigenvalue weighted by Gasteiger charge is -2.19. The molecule has 0 aliphatic carbocycles. The fourth-order valence-electron chi connectivity index (χ4n) is 2.75. The first-order chi connectivity index (χ1) is 13.3. The summed E-state index contributed by atoms with van der Waals surface area (Å²) in [6, 6.07) is 13.3. The largest absolute Gasteiger partial charge is 0.462 e. The molecule has 7 nitrogen and oxygen atoms in total. The number of thiazole rings is 1. The third-order valence-corrected chi connectivity index (χ3v) is 4.90. The van der Waals surface area contributed by atoms with Gasteiger partial charge in [0.15, 0.2) is 10.8 Å². The van der Waals surface area contributed by atoms with Crippen LogP contribution in [0, 0.1) is 0 Å². The molecule has 8 heteroatoms. The molecule has 0 aliphatic rings. The third kappa shape index (κ3) is 4.29. The van der Waals surface area contributed by atoms with Crippen LogP contribution in [0.2, 0.25) is 0 Å². The molecule has 0 aliphatic heterocycles. The van der Waals surface area contributed by atoms with Gasteiger partial charge in [-0.25, -0.2) is 9.97 Å². The van der Waals surface area contributed by atoms with Crippen molar-refractivity contribution in [3.05, 3.63) is 78.0 Å². The number of amides is 1. The van der Waals surface area contributed by atoms with Gasteiger partial charge in [-0.3, -0.25) is 9.48 Å². The molecule has 1 unspecified atom stereocenters. The smallest absolute Gasteiger partial charge is 0.226 e. The zero-order valence-corrected chi connectivity index (χ0v) is 15.2. The SMILES string of the molecule is O=C(Cc1csc(-c2ccco2)n1)NC(Cn1cncn1)c1ccccc1. The van der Waals surface area contributed by atoms with Crippen molar-refractivity contribution < 1.29 is 9.21 Å². The number of furan rings is 1. The summed E-state index contributed by atoms with van der Waals surface area (Å²) in [6.45, 7) is 0.504. The zero-order chi connectivity index (χ0) is 18.5. The van der Waals surface area contributed by atoms with Gasteiger partial charge < -0.3 is 9.73 Å². The van der Waals surface area contributed by atoms with E-state index in [1.807, 2.05) is 47.8 Å². The number of carbonyl (C=O) groups is 1. The van der Waals surface area contributed by atoms with Crippen LogP contribution in [-0.4, -0.2) is 25.7 Å². The summed E-state index contributed by atoms with van der Waals surface area (Å²) in [4.78, 5) is 21.1. The molecule has 1 amide bonds. The average molecular weight is 379 g/mol. The van der Waals surface area contributed by atoms with Gasteiger partial charge in [0, 0.05) is 5.38 Å². The van der Waals surface area contributed by atoms with Crippen LogP contribution < -0.4 is 5.32 Å². The molecule has 0 radical (unpaired) electrons. The van der Waals surface area contributed by atoms with Crippen LogP contribution in [0.5, 0.6) is 0 Å². The molecule has 0 saturated heterocycles.